The minimum absolute atomic E-state index is 0.0647. The number of phenols is 1. The molecule has 72 valence electrons. The highest BCUT2D eigenvalue weighted by Gasteiger charge is 2.12. The molecule has 1 aromatic rings. The molecule has 0 aliphatic carbocycles. The van der Waals surface area contributed by atoms with Gasteiger partial charge in [-0.1, -0.05) is 23.7 Å². The van der Waals surface area contributed by atoms with Crippen LogP contribution in [0.25, 0.3) is 0 Å². The maximum absolute atomic E-state index is 9.53. The van der Waals surface area contributed by atoms with Gasteiger partial charge in [0.2, 0.25) is 0 Å². The number of aliphatic hydroxyl groups excluding tert-OH is 1. The number of phenolic OH excluding ortho intramolecular Hbond substituents is 1. The number of hydrogen-bond acceptors (Lipinski definition) is 3. The van der Waals surface area contributed by atoms with Gasteiger partial charge in [0.05, 0.1) is 11.1 Å². The van der Waals surface area contributed by atoms with Gasteiger partial charge in [-0.25, -0.2) is 0 Å². The average Bonchev–Trinajstić information content (AvgIpc) is 2.10. The number of nitrogens with two attached hydrogens (primary N) is 1. The predicted octanol–water partition coefficient (Wildman–Crippen LogP) is 1.43. The third kappa shape index (κ3) is 2.34. The second kappa shape index (κ2) is 4.46. The Morgan fingerprint density at radius 3 is 2.77 bits per heavy atom. The van der Waals surface area contributed by atoms with Crippen molar-refractivity contribution in [3.63, 3.8) is 0 Å². The Balaban J connectivity index is 2.93. The molecule has 0 aliphatic rings. The van der Waals surface area contributed by atoms with Gasteiger partial charge in [-0.15, -0.1) is 0 Å². The summed E-state index contributed by atoms with van der Waals surface area (Å²) >= 11 is 5.67. The van der Waals surface area contributed by atoms with Gasteiger partial charge in [0.15, 0.2) is 0 Å². The fraction of sp³-hybridized carbons (Fsp3) is 0.333. The van der Waals surface area contributed by atoms with Crippen molar-refractivity contribution in [2.75, 3.05) is 6.54 Å². The van der Waals surface area contributed by atoms with Gasteiger partial charge in [-0.3, -0.25) is 0 Å². The van der Waals surface area contributed by atoms with Gasteiger partial charge in [-0.05, 0) is 19.0 Å². The summed E-state index contributed by atoms with van der Waals surface area (Å²) < 4.78 is 0. The lowest BCUT2D eigenvalue weighted by Gasteiger charge is -2.11. The van der Waals surface area contributed by atoms with E-state index in [1.165, 1.54) is 0 Å². The fourth-order valence-electron chi connectivity index (χ4n) is 1.11. The first-order chi connectivity index (χ1) is 6.16. The largest absolute Gasteiger partial charge is 0.506 e. The standard InChI is InChI=1S/C9H12ClNO2/c10-7-3-1-2-6(9(7)13)8(12)4-5-11/h1-3,8,12-13H,4-5,11H2. The minimum Gasteiger partial charge on any atom is -0.506 e. The number of hydrogen-bond donors (Lipinski definition) is 3. The summed E-state index contributed by atoms with van der Waals surface area (Å²) in [5.74, 6) is -0.0647. The Labute approximate surface area is 81.8 Å². The van der Waals surface area contributed by atoms with Crippen molar-refractivity contribution in [3.8, 4) is 5.75 Å². The molecule has 4 heteroatoms. The monoisotopic (exact) mass is 201 g/mol. The van der Waals surface area contributed by atoms with Crippen molar-refractivity contribution in [2.45, 2.75) is 12.5 Å². The van der Waals surface area contributed by atoms with E-state index in [0.29, 0.717) is 18.5 Å². The first-order valence-corrected chi connectivity index (χ1v) is 4.40. The first kappa shape index (κ1) is 10.3. The molecule has 1 aromatic carbocycles. The number of benzene rings is 1. The fourth-order valence-corrected chi connectivity index (χ4v) is 1.30. The van der Waals surface area contributed by atoms with Crippen molar-refractivity contribution in [1.82, 2.24) is 0 Å². The van der Waals surface area contributed by atoms with Gasteiger partial charge in [0.25, 0.3) is 0 Å². The van der Waals surface area contributed by atoms with E-state index >= 15 is 0 Å². The van der Waals surface area contributed by atoms with Crippen LogP contribution in [-0.2, 0) is 0 Å². The molecule has 0 bridgehead atoms. The van der Waals surface area contributed by atoms with E-state index in [0.717, 1.165) is 0 Å². The highest BCUT2D eigenvalue weighted by molar-refractivity contribution is 6.32. The van der Waals surface area contributed by atoms with Crippen molar-refractivity contribution in [1.29, 1.82) is 0 Å². The SMILES string of the molecule is NCCC(O)c1cccc(Cl)c1O. The maximum atomic E-state index is 9.53. The molecule has 0 saturated carbocycles. The molecule has 1 unspecified atom stereocenters. The highest BCUT2D eigenvalue weighted by Crippen LogP contribution is 2.32. The Bertz CT molecular complexity index is 291. The van der Waals surface area contributed by atoms with Crippen LogP contribution in [0.2, 0.25) is 5.02 Å². The van der Waals surface area contributed by atoms with Crippen molar-refractivity contribution >= 4 is 11.6 Å². The zero-order valence-corrected chi connectivity index (χ0v) is 7.83. The molecule has 0 radical (unpaired) electrons. The lowest BCUT2D eigenvalue weighted by atomic mass is 10.1. The van der Waals surface area contributed by atoms with E-state index in [4.69, 9.17) is 17.3 Å². The van der Waals surface area contributed by atoms with E-state index in [9.17, 15) is 10.2 Å². The summed E-state index contributed by atoms with van der Waals surface area (Å²) in [5.41, 5.74) is 5.71. The molecule has 1 atom stereocenters. The summed E-state index contributed by atoms with van der Waals surface area (Å²) in [6.45, 7) is 0.368. The van der Waals surface area contributed by atoms with Crippen LogP contribution in [0.4, 0.5) is 0 Å². The quantitative estimate of drug-likeness (QED) is 0.693. The van der Waals surface area contributed by atoms with E-state index in [2.05, 4.69) is 0 Å². The van der Waals surface area contributed by atoms with Gasteiger partial charge < -0.3 is 15.9 Å². The molecule has 1 rings (SSSR count). The number of aliphatic hydroxyl groups is 1. The van der Waals surface area contributed by atoms with Crippen LogP contribution in [0.1, 0.15) is 18.1 Å². The lowest BCUT2D eigenvalue weighted by Crippen LogP contribution is -2.06. The third-order valence-corrected chi connectivity index (χ3v) is 2.12. The van der Waals surface area contributed by atoms with Crippen LogP contribution in [-0.4, -0.2) is 16.8 Å². The third-order valence-electron chi connectivity index (χ3n) is 1.82. The van der Waals surface area contributed by atoms with Gasteiger partial charge >= 0.3 is 0 Å². The average molecular weight is 202 g/mol. The zero-order valence-electron chi connectivity index (χ0n) is 7.07. The highest BCUT2D eigenvalue weighted by atomic mass is 35.5. The molecule has 0 spiro atoms. The normalized spacial score (nSPS) is 12.8. The lowest BCUT2D eigenvalue weighted by molar-refractivity contribution is 0.166. The van der Waals surface area contributed by atoms with Gasteiger partial charge in [0.1, 0.15) is 5.75 Å². The smallest absolute Gasteiger partial charge is 0.139 e. The summed E-state index contributed by atoms with van der Waals surface area (Å²) in [7, 11) is 0. The number of rotatable bonds is 3. The number of halogens is 1. The van der Waals surface area contributed by atoms with Crippen LogP contribution < -0.4 is 5.73 Å². The van der Waals surface area contributed by atoms with Crippen molar-refractivity contribution < 1.29 is 10.2 Å². The van der Waals surface area contributed by atoms with Crippen molar-refractivity contribution in [3.05, 3.63) is 28.8 Å². The molecular formula is C9H12ClNO2. The Kier molecular flexibility index (Phi) is 3.54. The zero-order chi connectivity index (χ0) is 9.84. The van der Waals surface area contributed by atoms with E-state index in [1.807, 2.05) is 0 Å². The van der Waals surface area contributed by atoms with Crippen LogP contribution in [0.15, 0.2) is 18.2 Å². The second-order valence-corrected chi connectivity index (χ2v) is 3.18. The molecule has 13 heavy (non-hydrogen) atoms. The molecule has 0 amide bonds. The molecular weight excluding hydrogens is 190 g/mol. The Morgan fingerprint density at radius 1 is 1.46 bits per heavy atom. The number of aromatic hydroxyl groups is 1. The summed E-state index contributed by atoms with van der Waals surface area (Å²) in [6, 6.07) is 4.87. The Morgan fingerprint density at radius 2 is 2.15 bits per heavy atom. The van der Waals surface area contributed by atoms with Crippen LogP contribution in [0.5, 0.6) is 5.75 Å². The van der Waals surface area contributed by atoms with Crippen LogP contribution in [0.3, 0.4) is 0 Å². The van der Waals surface area contributed by atoms with Crippen LogP contribution in [0, 0.1) is 0 Å². The van der Waals surface area contributed by atoms with Crippen molar-refractivity contribution in [2.24, 2.45) is 5.73 Å². The molecule has 0 aromatic heterocycles. The maximum Gasteiger partial charge on any atom is 0.139 e. The van der Waals surface area contributed by atoms with Gasteiger partial charge in [-0.2, -0.15) is 0 Å². The topological polar surface area (TPSA) is 66.5 Å². The number of para-hydroxylation sites is 1. The van der Waals surface area contributed by atoms with E-state index in [1.54, 1.807) is 18.2 Å². The summed E-state index contributed by atoms with van der Waals surface area (Å²) in [4.78, 5) is 0. The summed E-state index contributed by atoms with van der Waals surface area (Å²) in [6.07, 6.45) is -0.336. The van der Waals surface area contributed by atoms with Crippen LogP contribution >= 0.6 is 11.6 Å². The molecule has 0 aliphatic heterocycles. The van der Waals surface area contributed by atoms with E-state index in [-0.39, 0.29) is 10.8 Å². The van der Waals surface area contributed by atoms with E-state index < -0.39 is 6.10 Å². The second-order valence-electron chi connectivity index (χ2n) is 2.77. The molecule has 0 heterocycles. The molecule has 3 nitrogen and oxygen atoms in total. The van der Waals surface area contributed by atoms with Gasteiger partial charge in [0, 0.05) is 5.56 Å². The first-order valence-electron chi connectivity index (χ1n) is 4.02. The predicted molar refractivity (Wildman–Crippen MR) is 51.7 cm³/mol. The minimum atomic E-state index is -0.747. The molecule has 0 fully saturated rings. The summed E-state index contributed by atoms with van der Waals surface area (Å²) in [5, 5.41) is 19.2. The molecule has 4 N–H and O–H groups in total. The Hall–Kier alpha value is -0.770. The molecule has 0 saturated heterocycles.